The minimum Gasteiger partial charge on any atom is -0.394 e. The maximum absolute atomic E-state index is 13.5. The molecule has 0 saturated carbocycles. The van der Waals surface area contributed by atoms with Crippen LogP contribution in [0.4, 0.5) is 4.79 Å². The zero-order valence-corrected chi connectivity index (χ0v) is 28.5. The molecular weight excluding hydrogens is 720 g/mol. The highest BCUT2D eigenvalue weighted by molar-refractivity contribution is 7.79. The smallest absolute Gasteiger partial charge is 0.394 e. The topological polar surface area (TPSA) is 453 Å². The van der Waals surface area contributed by atoms with Crippen LogP contribution < -0.4 is 71.2 Å². The monoisotopic (exact) mass is 766 g/mol. The summed E-state index contributed by atoms with van der Waals surface area (Å²) in [5, 5.41) is 28.7. The average molecular weight is 767 g/mol. The van der Waals surface area contributed by atoms with Crippen LogP contribution >= 0.6 is 0 Å². The maximum atomic E-state index is 13.5. The fourth-order valence-corrected chi connectivity index (χ4v) is 4.35. The SMILES string of the molecule is NCCCC(N)CC(=O)NC[C@@H]1NC(=O)[C@H](CO)NC(=O)[C@H](N)CNC(=O)C(C2CCN=C(N)N2)NC(=O)/C(=C/NC(N)=O)NC1=O.O=S(=O)(O)O. The van der Waals surface area contributed by atoms with Gasteiger partial charge >= 0.3 is 16.4 Å². The van der Waals surface area contributed by atoms with E-state index in [2.05, 4.69) is 42.2 Å². The number of aliphatic hydroxyl groups is 1. The van der Waals surface area contributed by atoms with Crippen molar-refractivity contribution in [1.82, 2.24) is 42.5 Å². The molecule has 0 aromatic carbocycles. The van der Waals surface area contributed by atoms with E-state index >= 15 is 0 Å². The summed E-state index contributed by atoms with van der Waals surface area (Å²) in [6, 6.07) is -8.54. The van der Waals surface area contributed by atoms with Gasteiger partial charge in [-0.15, -0.1) is 0 Å². The molecule has 6 atom stereocenters. The third kappa shape index (κ3) is 17.6. The Morgan fingerprint density at radius 1 is 1.00 bits per heavy atom. The van der Waals surface area contributed by atoms with E-state index in [1.54, 1.807) is 0 Å². The summed E-state index contributed by atoms with van der Waals surface area (Å²) in [6.07, 6.45) is 1.86. The molecule has 2 aliphatic heterocycles. The van der Waals surface area contributed by atoms with E-state index in [0.717, 1.165) is 6.20 Å². The highest BCUT2D eigenvalue weighted by Gasteiger charge is 2.35. The molecule has 52 heavy (non-hydrogen) atoms. The van der Waals surface area contributed by atoms with Gasteiger partial charge in [-0.2, -0.15) is 8.42 Å². The highest BCUT2D eigenvalue weighted by Crippen LogP contribution is 2.07. The third-order valence-electron chi connectivity index (χ3n) is 6.90. The number of nitrogens with one attached hydrogen (secondary N) is 8. The first-order valence-electron chi connectivity index (χ1n) is 15.4. The van der Waals surface area contributed by atoms with Gasteiger partial charge in [-0.3, -0.25) is 42.9 Å². The fraction of sp³-hybridized carbons (Fsp3) is 0.600. The molecule has 294 valence electrons. The Bertz CT molecular complexity index is 1470. The zero-order valence-electron chi connectivity index (χ0n) is 27.7. The molecule has 1 saturated heterocycles. The molecule has 21 N–H and O–H groups in total. The number of amides is 8. The van der Waals surface area contributed by atoms with Crippen molar-refractivity contribution >= 4 is 57.8 Å². The number of nitrogens with two attached hydrogens (primary N) is 5. The summed E-state index contributed by atoms with van der Waals surface area (Å²) in [5.74, 6) is -5.62. The first kappa shape index (κ1) is 44.8. The summed E-state index contributed by atoms with van der Waals surface area (Å²) in [4.78, 5) is 93.9. The van der Waals surface area contributed by atoms with Crippen LogP contribution in [0.2, 0.25) is 0 Å². The standard InChI is InChI=1S/C25H44N14O8.H2O4S/c26-4-1-2-11(27)6-17(41)32-8-14-20(43)35-15(9-34-25(30)47)21(44)39-18(13-3-5-31-24(29)38-13)23(46)33-7-12(28)19(42)37-16(10-40)22(45)36-14;1-5(2,3)4/h9,11-14,16,18,40H,1-8,10,26-28H2,(H,32,41)(H,33,46)(H,35,43)(H,36,45)(H,37,42)(H,39,44)(H3,29,31,38)(H3,30,34,47);(H2,1,2,3,4)/b15-9-;/t11?,12-,13?,14+,16+,18?;/m1./s1. The molecule has 0 bridgehead atoms. The van der Waals surface area contributed by atoms with Crippen LogP contribution in [0.25, 0.3) is 0 Å². The van der Waals surface area contributed by atoms with E-state index in [1.807, 2.05) is 5.32 Å². The number of rotatable bonds is 10. The molecule has 0 aromatic heterocycles. The van der Waals surface area contributed by atoms with Crippen molar-refractivity contribution in [2.75, 3.05) is 32.8 Å². The lowest BCUT2D eigenvalue weighted by Crippen LogP contribution is -2.64. The van der Waals surface area contributed by atoms with Gasteiger partial charge in [0.25, 0.3) is 5.91 Å². The molecule has 8 amide bonds. The fourth-order valence-electron chi connectivity index (χ4n) is 4.35. The van der Waals surface area contributed by atoms with E-state index < -0.39 is 114 Å². The predicted molar refractivity (Wildman–Crippen MR) is 179 cm³/mol. The lowest BCUT2D eigenvalue weighted by molar-refractivity contribution is -0.134. The molecule has 2 aliphatic rings. The van der Waals surface area contributed by atoms with Gasteiger partial charge in [-0.1, -0.05) is 0 Å². The van der Waals surface area contributed by atoms with Crippen molar-refractivity contribution in [3.05, 3.63) is 11.9 Å². The molecule has 0 aromatic rings. The number of urea groups is 1. The molecule has 2 heterocycles. The lowest BCUT2D eigenvalue weighted by Gasteiger charge is -2.31. The Labute approximate surface area is 296 Å². The molecule has 3 unspecified atom stereocenters. The van der Waals surface area contributed by atoms with Crippen LogP contribution in [0.1, 0.15) is 25.7 Å². The number of primary amides is 1. The van der Waals surface area contributed by atoms with Crippen LogP contribution in [0, 0.1) is 0 Å². The Kier molecular flexibility index (Phi) is 18.9. The molecule has 0 spiro atoms. The van der Waals surface area contributed by atoms with E-state index in [4.69, 9.17) is 46.2 Å². The van der Waals surface area contributed by atoms with Crippen molar-refractivity contribution < 1.29 is 56.2 Å². The number of aliphatic hydroxyl groups excluding tert-OH is 1. The summed E-state index contributed by atoms with van der Waals surface area (Å²) < 4.78 is 31.6. The number of carbonyl (C=O) groups excluding carboxylic acids is 7. The van der Waals surface area contributed by atoms with Gasteiger partial charge in [-0.05, 0) is 25.8 Å². The maximum Gasteiger partial charge on any atom is 0.394 e. The second kappa shape index (κ2) is 21.9. The van der Waals surface area contributed by atoms with Crippen LogP contribution in [-0.2, 0) is 39.2 Å². The number of nitrogens with zero attached hydrogens (tertiary/aromatic N) is 1. The van der Waals surface area contributed by atoms with Gasteiger partial charge in [0.15, 0.2) is 5.96 Å². The molecule has 2 rings (SSSR count). The first-order valence-corrected chi connectivity index (χ1v) is 16.8. The van der Waals surface area contributed by atoms with E-state index in [9.17, 15) is 38.7 Å². The number of carbonyl (C=O) groups is 7. The number of guanidine groups is 1. The van der Waals surface area contributed by atoms with Crippen LogP contribution in [0.3, 0.4) is 0 Å². The molecule has 0 radical (unpaired) electrons. The Hall–Kier alpha value is -5.19. The molecule has 27 heteroatoms. The number of hydrogen-bond donors (Lipinski definition) is 16. The number of hydrogen-bond acceptors (Lipinski definition) is 16. The summed E-state index contributed by atoms with van der Waals surface area (Å²) >= 11 is 0. The summed E-state index contributed by atoms with van der Waals surface area (Å²) in [5.41, 5.74) is 27.6. The Morgan fingerprint density at radius 3 is 2.21 bits per heavy atom. The first-order chi connectivity index (χ1) is 24.2. The lowest BCUT2D eigenvalue weighted by atomic mass is 10.0. The van der Waals surface area contributed by atoms with Crippen molar-refractivity contribution in [2.45, 2.75) is 61.9 Å². The van der Waals surface area contributed by atoms with Crippen LogP contribution in [-0.4, -0.2) is 139 Å². The van der Waals surface area contributed by atoms with Gasteiger partial charge < -0.3 is 76.3 Å². The molecule has 1 fully saturated rings. The van der Waals surface area contributed by atoms with E-state index in [0.29, 0.717) is 19.4 Å². The average Bonchev–Trinajstić information content (AvgIpc) is 3.05. The zero-order chi connectivity index (χ0) is 39.6. The largest absolute Gasteiger partial charge is 0.394 e. The normalized spacial score (nSPS) is 24.9. The second-order valence-electron chi connectivity index (χ2n) is 11.1. The summed E-state index contributed by atoms with van der Waals surface area (Å²) in [6.45, 7) is -1.36. The highest BCUT2D eigenvalue weighted by atomic mass is 32.3. The van der Waals surface area contributed by atoms with E-state index in [-0.39, 0.29) is 25.3 Å². The minimum atomic E-state index is -4.67. The van der Waals surface area contributed by atoms with Crippen molar-refractivity contribution in [3.8, 4) is 0 Å². The van der Waals surface area contributed by atoms with Crippen molar-refractivity contribution in [1.29, 1.82) is 0 Å². The van der Waals surface area contributed by atoms with Crippen molar-refractivity contribution in [3.63, 3.8) is 0 Å². The van der Waals surface area contributed by atoms with Crippen LogP contribution in [0.5, 0.6) is 0 Å². The molecular formula is C25H46N14O12S. The van der Waals surface area contributed by atoms with Gasteiger partial charge in [0.05, 0.1) is 12.6 Å². The third-order valence-corrected chi connectivity index (χ3v) is 6.90. The van der Waals surface area contributed by atoms with Gasteiger partial charge in [0.2, 0.25) is 29.5 Å². The number of aliphatic imine (C=N–C) groups is 1. The minimum absolute atomic E-state index is 0.0120. The summed E-state index contributed by atoms with van der Waals surface area (Å²) in [7, 11) is -4.67. The van der Waals surface area contributed by atoms with E-state index in [1.165, 1.54) is 0 Å². The Balaban J connectivity index is 0.00000252. The molecule has 0 aliphatic carbocycles. The van der Waals surface area contributed by atoms with Crippen molar-refractivity contribution in [2.24, 2.45) is 33.7 Å². The van der Waals surface area contributed by atoms with Crippen LogP contribution in [0.15, 0.2) is 16.9 Å². The Morgan fingerprint density at radius 2 is 1.63 bits per heavy atom. The molecule has 26 nitrogen and oxygen atoms in total. The second-order valence-corrected chi connectivity index (χ2v) is 12.0. The van der Waals surface area contributed by atoms with Gasteiger partial charge in [0, 0.05) is 38.3 Å². The quantitative estimate of drug-likeness (QED) is 0.0725. The van der Waals surface area contributed by atoms with Gasteiger partial charge in [0.1, 0.15) is 29.9 Å². The predicted octanol–water partition coefficient (Wildman–Crippen LogP) is -8.89. The van der Waals surface area contributed by atoms with Gasteiger partial charge in [-0.25, -0.2) is 4.79 Å².